The highest BCUT2D eigenvalue weighted by atomic mass is 16.5. The molecule has 0 saturated heterocycles. The smallest absolute Gasteiger partial charge is 0.379 e. The van der Waals surface area contributed by atoms with Crippen molar-refractivity contribution < 1.29 is 38.5 Å². The summed E-state index contributed by atoms with van der Waals surface area (Å²) in [5, 5.41) is 27.2. The number of hydrogen-bond donors (Lipinski definition) is 5. The van der Waals surface area contributed by atoms with E-state index < -0.39 is 42.2 Å². The SMILES string of the molecule is CC(Cc1coc(C(=O)Oc2ccc(C(=N)N)cc2)c1)C(=O)N[C@@H](CC(=O)O)C(=O)O. The number of furan rings is 1. The Morgan fingerprint density at radius 3 is 2.39 bits per heavy atom. The summed E-state index contributed by atoms with van der Waals surface area (Å²) >= 11 is 0. The van der Waals surface area contributed by atoms with E-state index in [0.717, 1.165) is 0 Å². The number of amides is 1. The van der Waals surface area contributed by atoms with Crippen LogP contribution in [0.5, 0.6) is 5.75 Å². The first-order chi connectivity index (χ1) is 14.6. The van der Waals surface area contributed by atoms with Gasteiger partial charge in [0.1, 0.15) is 17.6 Å². The Labute approximate surface area is 176 Å². The number of nitrogens with two attached hydrogens (primary N) is 1. The molecular formula is C20H21N3O8. The largest absolute Gasteiger partial charge is 0.481 e. The van der Waals surface area contributed by atoms with Crippen LogP contribution in [-0.2, 0) is 20.8 Å². The number of amidine groups is 1. The third-order valence-corrected chi connectivity index (χ3v) is 4.21. The number of benzene rings is 1. The number of rotatable bonds is 10. The van der Waals surface area contributed by atoms with Gasteiger partial charge in [0.05, 0.1) is 12.7 Å². The van der Waals surface area contributed by atoms with Crippen LogP contribution in [0.2, 0.25) is 0 Å². The molecule has 0 fully saturated rings. The van der Waals surface area contributed by atoms with Crippen molar-refractivity contribution in [2.24, 2.45) is 11.7 Å². The second kappa shape index (κ2) is 10.1. The van der Waals surface area contributed by atoms with Crippen LogP contribution in [0.1, 0.15) is 35.0 Å². The van der Waals surface area contributed by atoms with Crippen LogP contribution in [0.4, 0.5) is 0 Å². The summed E-state index contributed by atoms with van der Waals surface area (Å²) in [6, 6.07) is 5.84. The third kappa shape index (κ3) is 6.70. The lowest BCUT2D eigenvalue weighted by Gasteiger charge is -2.16. The number of carbonyl (C=O) groups excluding carboxylic acids is 2. The molecule has 0 aliphatic rings. The molecule has 2 atom stereocenters. The number of carbonyl (C=O) groups is 4. The molecule has 0 saturated carbocycles. The van der Waals surface area contributed by atoms with Crippen molar-refractivity contribution in [2.75, 3.05) is 0 Å². The molecule has 2 aromatic rings. The average molecular weight is 431 g/mol. The molecule has 2 rings (SSSR count). The van der Waals surface area contributed by atoms with Crippen LogP contribution in [0, 0.1) is 11.3 Å². The number of carboxylic acid groups (broad SMARTS) is 2. The van der Waals surface area contributed by atoms with E-state index in [2.05, 4.69) is 5.32 Å². The van der Waals surface area contributed by atoms with Gasteiger partial charge in [-0.1, -0.05) is 6.92 Å². The van der Waals surface area contributed by atoms with Crippen LogP contribution >= 0.6 is 0 Å². The summed E-state index contributed by atoms with van der Waals surface area (Å²) in [5.41, 5.74) is 6.32. The molecule has 0 radical (unpaired) electrons. The van der Waals surface area contributed by atoms with Gasteiger partial charge in [-0.25, -0.2) is 9.59 Å². The predicted molar refractivity (Wildman–Crippen MR) is 106 cm³/mol. The summed E-state index contributed by atoms with van der Waals surface area (Å²) in [6.45, 7) is 1.52. The summed E-state index contributed by atoms with van der Waals surface area (Å²) in [5.74, 6) is -4.94. The maximum Gasteiger partial charge on any atom is 0.379 e. The average Bonchev–Trinajstić information content (AvgIpc) is 3.16. The van der Waals surface area contributed by atoms with E-state index in [1.165, 1.54) is 43.5 Å². The van der Waals surface area contributed by atoms with Crippen molar-refractivity contribution in [3.8, 4) is 5.75 Å². The Bertz CT molecular complexity index is 996. The Morgan fingerprint density at radius 2 is 1.84 bits per heavy atom. The van der Waals surface area contributed by atoms with Crippen molar-refractivity contribution in [3.63, 3.8) is 0 Å². The van der Waals surface area contributed by atoms with Crippen LogP contribution in [0.15, 0.2) is 41.0 Å². The Morgan fingerprint density at radius 1 is 1.19 bits per heavy atom. The molecule has 1 aromatic carbocycles. The zero-order valence-corrected chi connectivity index (χ0v) is 16.5. The van der Waals surface area contributed by atoms with E-state index >= 15 is 0 Å². The quantitative estimate of drug-likeness (QED) is 0.158. The van der Waals surface area contributed by atoms with E-state index in [1.807, 2.05) is 0 Å². The molecule has 0 spiro atoms. The first kappa shape index (κ1) is 23.1. The maximum atomic E-state index is 12.2. The minimum absolute atomic E-state index is 0.104. The van der Waals surface area contributed by atoms with E-state index in [9.17, 15) is 19.2 Å². The van der Waals surface area contributed by atoms with Gasteiger partial charge in [-0.2, -0.15) is 0 Å². The van der Waals surface area contributed by atoms with Crippen LogP contribution < -0.4 is 15.8 Å². The molecule has 1 unspecified atom stereocenters. The lowest BCUT2D eigenvalue weighted by atomic mass is 10.0. The first-order valence-electron chi connectivity index (χ1n) is 9.05. The fourth-order valence-corrected chi connectivity index (χ4v) is 2.58. The standard InChI is InChI=1S/C20H21N3O8/c1-10(18(26)23-14(19(27)28)8-16(24)25)6-11-7-15(30-9-11)20(29)31-13-4-2-12(3-5-13)17(21)22/h2-5,7,9-10,14H,6,8H2,1H3,(H3,21,22)(H,23,26)(H,24,25)(H,27,28)/t10?,14-/m0/s1. The second-order valence-corrected chi connectivity index (χ2v) is 6.75. The number of nitrogen functional groups attached to an aromatic ring is 1. The zero-order valence-electron chi connectivity index (χ0n) is 16.5. The normalized spacial score (nSPS) is 12.4. The van der Waals surface area contributed by atoms with Crippen molar-refractivity contribution in [1.82, 2.24) is 5.32 Å². The first-order valence-corrected chi connectivity index (χ1v) is 9.05. The number of ether oxygens (including phenoxy) is 1. The monoisotopic (exact) mass is 431 g/mol. The van der Waals surface area contributed by atoms with Gasteiger partial charge in [-0.15, -0.1) is 0 Å². The molecule has 11 nitrogen and oxygen atoms in total. The summed E-state index contributed by atoms with van der Waals surface area (Å²) in [4.78, 5) is 46.2. The number of carboxylic acids is 2. The highest BCUT2D eigenvalue weighted by molar-refractivity contribution is 5.95. The highest BCUT2D eigenvalue weighted by Gasteiger charge is 2.26. The van der Waals surface area contributed by atoms with Crippen LogP contribution in [0.3, 0.4) is 0 Å². The van der Waals surface area contributed by atoms with Gasteiger partial charge in [-0.05, 0) is 42.3 Å². The molecule has 11 heteroatoms. The molecule has 0 aliphatic heterocycles. The molecule has 164 valence electrons. The van der Waals surface area contributed by atoms with Crippen LogP contribution in [-0.4, -0.2) is 45.9 Å². The van der Waals surface area contributed by atoms with E-state index in [-0.39, 0.29) is 23.8 Å². The van der Waals surface area contributed by atoms with E-state index in [0.29, 0.717) is 11.1 Å². The van der Waals surface area contributed by atoms with E-state index in [1.54, 1.807) is 0 Å². The van der Waals surface area contributed by atoms with Crippen LogP contribution in [0.25, 0.3) is 0 Å². The van der Waals surface area contributed by atoms with Crippen molar-refractivity contribution in [1.29, 1.82) is 5.41 Å². The molecule has 1 heterocycles. The van der Waals surface area contributed by atoms with Gasteiger partial charge in [0, 0.05) is 11.5 Å². The minimum atomic E-state index is -1.54. The molecule has 1 aromatic heterocycles. The molecule has 0 bridgehead atoms. The van der Waals surface area contributed by atoms with Gasteiger partial charge in [0.15, 0.2) is 0 Å². The number of aliphatic carboxylic acids is 2. The zero-order chi connectivity index (χ0) is 23.1. The minimum Gasteiger partial charge on any atom is -0.481 e. The Hall–Kier alpha value is -4.15. The lowest BCUT2D eigenvalue weighted by molar-refractivity contribution is -0.147. The van der Waals surface area contributed by atoms with Gasteiger partial charge in [0.2, 0.25) is 11.7 Å². The van der Waals surface area contributed by atoms with Crippen molar-refractivity contribution in [2.45, 2.75) is 25.8 Å². The molecular weight excluding hydrogens is 410 g/mol. The number of esters is 1. The highest BCUT2D eigenvalue weighted by Crippen LogP contribution is 2.17. The van der Waals surface area contributed by atoms with Gasteiger partial charge < -0.3 is 30.4 Å². The Balaban J connectivity index is 1.95. The van der Waals surface area contributed by atoms with Crippen molar-refractivity contribution in [3.05, 3.63) is 53.5 Å². The molecule has 31 heavy (non-hydrogen) atoms. The Kier molecular flexibility index (Phi) is 7.50. The second-order valence-electron chi connectivity index (χ2n) is 6.75. The molecule has 1 amide bonds. The summed E-state index contributed by atoms with van der Waals surface area (Å²) in [7, 11) is 0. The van der Waals surface area contributed by atoms with E-state index in [4.69, 9.17) is 30.5 Å². The lowest BCUT2D eigenvalue weighted by Crippen LogP contribution is -2.44. The fraction of sp³-hybridized carbons (Fsp3) is 0.250. The predicted octanol–water partition coefficient (Wildman–Crippen LogP) is 1.01. The summed E-state index contributed by atoms with van der Waals surface area (Å²) < 4.78 is 10.4. The van der Waals surface area contributed by atoms with Gasteiger partial charge in [-0.3, -0.25) is 15.0 Å². The van der Waals surface area contributed by atoms with Gasteiger partial charge in [0.25, 0.3) is 0 Å². The molecule has 6 N–H and O–H groups in total. The molecule has 0 aliphatic carbocycles. The number of hydrogen-bond acceptors (Lipinski definition) is 7. The van der Waals surface area contributed by atoms with Crippen molar-refractivity contribution >= 4 is 29.7 Å². The van der Waals surface area contributed by atoms with Gasteiger partial charge >= 0.3 is 17.9 Å². The third-order valence-electron chi connectivity index (χ3n) is 4.21. The maximum absolute atomic E-state index is 12.2. The summed E-state index contributed by atoms with van der Waals surface area (Å²) in [6.07, 6.45) is 0.642. The number of nitrogens with one attached hydrogen (secondary N) is 2. The topological polar surface area (TPSA) is 193 Å². The fourth-order valence-electron chi connectivity index (χ4n) is 2.58.